The predicted octanol–water partition coefficient (Wildman–Crippen LogP) is 2.50. The molecule has 0 radical (unpaired) electrons. The average Bonchev–Trinajstić information content (AvgIpc) is 3.23. The predicted molar refractivity (Wildman–Crippen MR) is 108 cm³/mol. The highest BCUT2D eigenvalue weighted by atomic mass is 16.2. The molecule has 0 N–H and O–H groups in total. The van der Waals surface area contributed by atoms with Gasteiger partial charge in [-0.05, 0) is 24.3 Å². The van der Waals surface area contributed by atoms with E-state index in [0.717, 1.165) is 0 Å². The van der Waals surface area contributed by atoms with E-state index >= 15 is 0 Å². The van der Waals surface area contributed by atoms with E-state index < -0.39 is 46.8 Å². The highest BCUT2D eigenvalue weighted by Gasteiger charge is 2.43. The highest BCUT2D eigenvalue weighted by molar-refractivity contribution is 6.36. The lowest BCUT2D eigenvalue weighted by molar-refractivity contribution is 0.0907. The van der Waals surface area contributed by atoms with Gasteiger partial charge in [-0.15, -0.1) is 0 Å². The van der Waals surface area contributed by atoms with Gasteiger partial charge in [0, 0.05) is 0 Å². The van der Waals surface area contributed by atoms with Crippen molar-refractivity contribution in [2.45, 2.75) is 0 Å². The number of hydrogen-bond acceptors (Lipinski definition) is 7. The van der Waals surface area contributed by atoms with E-state index in [2.05, 4.69) is 14.8 Å². The second kappa shape index (κ2) is 6.65. The van der Waals surface area contributed by atoms with Gasteiger partial charge in [-0.3, -0.25) is 19.2 Å². The average molecular weight is 420 g/mol. The maximum atomic E-state index is 12.8. The molecule has 10 heteroatoms. The zero-order valence-corrected chi connectivity index (χ0v) is 15.9. The van der Waals surface area contributed by atoms with Crippen LogP contribution in [-0.4, -0.2) is 33.6 Å². The normalized spacial score (nSPS) is 14.3. The van der Waals surface area contributed by atoms with Crippen LogP contribution in [0.2, 0.25) is 0 Å². The number of benzene rings is 2. The summed E-state index contributed by atoms with van der Waals surface area (Å²) in [6.45, 7) is 7.47. The first-order valence-electron chi connectivity index (χ1n) is 9.13. The van der Waals surface area contributed by atoms with E-state index in [9.17, 15) is 24.4 Å². The lowest BCUT2D eigenvalue weighted by Gasteiger charge is -2.16. The van der Waals surface area contributed by atoms with Crippen molar-refractivity contribution in [3.05, 3.63) is 87.9 Å². The van der Waals surface area contributed by atoms with Gasteiger partial charge in [0.25, 0.3) is 29.4 Å². The fourth-order valence-electron chi connectivity index (χ4n) is 3.63. The molecule has 150 valence electrons. The van der Waals surface area contributed by atoms with E-state index in [4.69, 9.17) is 6.57 Å². The summed E-state index contributed by atoms with van der Waals surface area (Å²) in [4.78, 5) is 63.8. The molecule has 0 atom stereocenters. The van der Waals surface area contributed by atoms with Crippen LogP contribution in [0.4, 0.5) is 17.5 Å². The Morgan fingerprint density at radius 1 is 0.719 bits per heavy atom. The van der Waals surface area contributed by atoms with Crippen LogP contribution >= 0.6 is 0 Å². The Hall–Kier alpha value is -5.22. The Labute approximate surface area is 179 Å². The van der Waals surface area contributed by atoms with Crippen molar-refractivity contribution in [2.24, 2.45) is 0 Å². The molecule has 0 saturated carbocycles. The molecule has 32 heavy (non-hydrogen) atoms. The second-order valence-electron chi connectivity index (χ2n) is 6.75. The number of hydrogen-bond donors (Lipinski definition) is 0. The molecule has 3 aromatic rings. The van der Waals surface area contributed by atoms with Gasteiger partial charge in [0.2, 0.25) is 5.69 Å². The van der Waals surface area contributed by atoms with Crippen molar-refractivity contribution in [3.8, 4) is 6.07 Å². The molecule has 2 aliphatic rings. The Kier molecular flexibility index (Phi) is 3.91. The van der Waals surface area contributed by atoms with Gasteiger partial charge in [0.1, 0.15) is 6.07 Å². The van der Waals surface area contributed by atoms with E-state index in [1.54, 1.807) is 30.3 Å². The minimum Gasteiger partial charge on any atom is -0.358 e. The smallest absolute Gasteiger partial charge is 0.315 e. The molecular weight excluding hydrogens is 412 g/mol. The van der Waals surface area contributed by atoms with Gasteiger partial charge in [-0.25, -0.2) is 14.8 Å². The molecule has 2 aromatic carbocycles. The standard InChI is InChI=1S/C22H8N6O4/c1-24-16-18(28-21(31)13-8-4-5-9-14(13)22(28)32)25-15(10-23)17(26-16)27-19(29)11-6-2-3-7-12(11)20(27)30/h2-9H. The first kappa shape index (κ1) is 18.8. The molecule has 5 rings (SSSR count). The van der Waals surface area contributed by atoms with Gasteiger partial charge in [0.05, 0.1) is 22.3 Å². The molecular formula is C22H8N6O4. The van der Waals surface area contributed by atoms with Crippen molar-refractivity contribution >= 4 is 41.1 Å². The molecule has 0 unspecified atom stereocenters. The number of nitriles is 1. The lowest BCUT2D eigenvalue weighted by Crippen LogP contribution is -2.33. The van der Waals surface area contributed by atoms with Crippen LogP contribution in [0.3, 0.4) is 0 Å². The number of imide groups is 2. The molecule has 0 fully saturated rings. The van der Waals surface area contributed by atoms with Gasteiger partial charge >= 0.3 is 5.82 Å². The topological polar surface area (TPSA) is 129 Å². The molecule has 4 amide bonds. The van der Waals surface area contributed by atoms with E-state index in [0.29, 0.717) is 9.80 Å². The molecule has 0 saturated heterocycles. The van der Waals surface area contributed by atoms with Crippen molar-refractivity contribution < 1.29 is 19.2 Å². The third-order valence-corrected chi connectivity index (χ3v) is 5.06. The minimum atomic E-state index is -0.721. The van der Waals surface area contributed by atoms with Crippen molar-refractivity contribution in [2.75, 3.05) is 9.80 Å². The first-order valence-corrected chi connectivity index (χ1v) is 9.13. The Bertz CT molecular complexity index is 1310. The number of aromatic nitrogens is 2. The van der Waals surface area contributed by atoms with Gasteiger partial charge in [0.15, 0.2) is 5.82 Å². The second-order valence-corrected chi connectivity index (χ2v) is 6.75. The van der Waals surface area contributed by atoms with E-state index in [-0.39, 0.29) is 22.3 Å². The number of rotatable bonds is 2. The summed E-state index contributed by atoms with van der Waals surface area (Å²) >= 11 is 0. The lowest BCUT2D eigenvalue weighted by atomic mass is 10.1. The third kappa shape index (κ3) is 2.38. The number of nitrogens with zero attached hydrogens (tertiary/aromatic N) is 6. The van der Waals surface area contributed by atoms with Crippen molar-refractivity contribution in [1.29, 1.82) is 5.26 Å². The monoisotopic (exact) mass is 420 g/mol. The zero-order valence-electron chi connectivity index (χ0n) is 15.9. The molecule has 0 spiro atoms. The van der Waals surface area contributed by atoms with Gasteiger partial charge in [-0.2, -0.15) is 5.26 Å². The van der Waals surface area contributed by atoms with E-state index in [1.165, 1.54) is 24.3 Å². The van der Waals surface area contributed by atoms with Gasteiger partial charge in [-0.1, -0.05) is 35.8 Å². The van der Waals surface area contributed by atoms with Crippen LogP contribution in [-0.2, 0) is 0 Å². The number of amides is 4. The summed E-state index contributed by atoms with van der Waals surface area (Å²) < 4.78 is 0. The number of carbonyl (C=O) groups is 4. The molecule has 2 aliphatic heterocycles. The van der Waals surface area contributed by atoms with Crippen LogP contribution in [0.15, 0.2) is 48.5 Å². The molecule has 0 bridgehead atoms. The van der Waals surface area contributed by atoms with Crippen LogP contribution in [0.5, 0.6) is 0 Å². The maximum Gasteiger partial charge on any atom is 0.315 e. The summed E-state index contributed by atoms with van der Waals surface area (Å²) in [6, 6.07) is 13.9. The summed E-state index contributed by atoms with van der Waals surface area (Å²) in [5.74, 6) is -4.27. The molecule has 10 nitrogen and oxygen atoms in total. The number of carbonyl (C=O) groups excluding carboxylic acids is 4. The third-order valence-electron chi connectivity index (χ3n) is 5.06. The maximum absolute atomic E-state index is 12.8. The number of fused-ring (bicyclic) bond motifs is 2. The van der Waals surface area contributed by atoms with Gasteiger partial charge < -0.3 is 4.85 Å². The molecule has 0 aliphatic carbocycles. The summed E-state index contributed by atoms with van der Waals surface area (Å²) in [6.07, 6.45) is 0. The summed E-state index contributed by atoms with van der Waals surface area (Å²) in [5.41, 5.74) is 0.00346. The minimum absolute atomic E-state index is 0.122. The highest BCUT2D eigenvalue weighted by Crippen LogP contribution is 2.36. The summed E-state index contributed by atoms with van der Waals surface area (Å²) in [7, 11) is 0. The zero-order chi connectivity index (χ0) is 22.6. The van der Waals surface area contributed by atoms with Crippen LogP contribution < -0.4 is 9.80 Å². The first-order chi connectivity index (χ1) is 15.5. The van der Waals surface area contributed by atoms with Crippen molar-refractivity contribution in [3.63, 3.8) is 0 Å². The van der Waals surface area contributed by atoms with Crippen molar-refractivity contribution in [1.82, 2.24) is 9.97 Å². The fourth-order valence-corrected chi connectivity index (χ4v) is 3.63. The molecule has 1 aromatic heterocycles. The Morgan fingerprint density at radius 2 is 1.12 bits per heavy atom. The number of anilines is 2. The SMILES string of the molecule is [C-]#[N+]c1nc(N2C(=O)c3ccccc3C2=O)c(C#N)nc1N1C(=O)c2ccccc2C1=O. The summed E-state index contributed by atoms with van der Waals surface area (Å²) in [5, 5.41) is 9.64. The largest absolute Gasteiger partial charge is 0.358 e. The molecule has 3 heterocycles. The fraction of sp³-hybridized carbons (Fsp3) is 0. The van der Waals surface area contributed by atoms with Crippen LogP contribution in [0.1, 0.15) is 47.1 Å². The van der Waals surface area contributed by atoms with Crippen LogP contribution in [0.25, 0.3) is 4.85 Å². The Morgan fingerprint density at radius 3 is 1.50 bits per heavy atom. The quantitative estimate of drug-likeness (QED) is 0.460. The van der Waals surface area contributed by atoms with E-state index in [1.807, 2.05) is 0 Å². The van der Waals surface area contributed by atoms with Crippen LogP contribution in [0, 0.1) is 17.9 Å². The Balaban J connectivity index is 1.66.